The number of hydrogen-bond acceptors (Lipinski definition) is 2. The number of ether oxygens (including phenoxy) is 1. The Balaban J connectivity index is 1.74. The van der Waals surface area contributed by atoms with E-state index in [4.69, 9.17) is 4.74 Å². The van der Waals surface area contributed by atoms with Crippen LogP contribution >= 0.6 is 0 Å². The van der Waals surface area contributed by atoms with Crippen molar-refractivity contribution in [1.29, 1.82) is 0 Å². The van der Waals surface area contributed by atoms with Crippen LogP contribution in [-0.2, 0) is 6.42 Å². The molecule has 0 amide bonds. The molecular weight excluding hydrogens is 258 g/mol. The summed E-state index contributed by atoms with van der Waals surface area (Å²) in [7, 11) is 1.75. The highest BCUT2D eigenvalue weighted by Gasteiger charge is 2.20. The summed E-state index contributed by atoms with van der Waals surface area (Å²) in [5.41, 5.74) is 1.30. The number of methoxy groups -OCH3 is 1. The molecule has 2 rings (SSSR count). The SMILES string of the molecule is CCC1CCC(CNC(C)Cc2ccccc2OC)CC1. The first-order valence-corrected chi connectivity index (χ1v) is 8.58. The largest absolute Gasteiger partial charge is 0.496 e. The van der Waals surface area contributed by atoms with Gasteiger partial charge >= 0.3 is 0 Å². The Morgan fingerprint density at radius 3 is 2.48 bits per heavy atom. The van der Waals surface area contributed by atoms with Crippen molar-refractivity contribution in [2.45, 2.75) is 58.4 Å². The summed E-state index contributed by atoms with van der Waals surface area (Å²) < 4.78 is 5.44. The molecule has 0 aliphatic heterocycles. The van der Waals surface area contributed by atoms with E-state index in [1.54, 1.807) is 7.11 Å². The van der Waals surface area contributed by atoms with Crippen molar-refractivity contribution in [3.05, 3.63) is 29.8 Å². The molecule has 0 radical (unpaired) electrons. The lowest BCUT2D eigenvalue weighted by molar-refractivity contribution is 0.257. The third-order valence-corrected chi connectivity index (χ3v) is 5.02. The van der Waals surface area contributed by atoms with Crippen LogP contribution in [0.5, 0.6) is 5.75 Å². The molecule has 0 bridgehead atoms. The van der Waals surface area contributed by atoms with Gasteiger partial charge in [0.15, 0.2) is 0 Å². The maximum Gasteiger partial charge on any atom is 0.122 e. The Bertz CT molecular complexity index is 410. The normalized spacial score (nSPS) is 23.8. The Hall–Kier alpha value is -1.02. The van der Waals surface area contributed by atoms with Crippen molar-refractivity contribution in [2.75, 3.05) is 13.7 Å². The zero-order valence-electron chi connectivity index (χ0n) is 13.9. The fourth-order valence-corrected chi connectivity index (χ4v) is 3.49. The molecular formula is C19H31NO. The lowest BCUT2D eigenvalue weighted by Crippen LogP contribution is -2.34. The molecule has 1 aliphatic carbocycles. The quantitative estimate of drug-likeness (QED) is 0.801. The lowest BCUT2D eigenvalue weighted by Gasteiger charge is -2.29. The zero-order chi connectivity index (χ0) is 15.1. The van der Waals surface area contributed by atoms with E-state index in [-0.39, 0.29) is 0 Å². The Labute approximate surface area is 130 Å². The molecule has 1 fully saturated rings. The first-order valence-electron chi connectivity index (χ1n) is 8.58. The van der Waals surface area contributed by atoms with Crippen LogP contribution < -0.4 is 10.1 Å². The molecule has 118 valence electrons. The van der Waals surface area contributed by atoms with Gasteiger partial charge in [-0.1, -0.05) is 44.4 Å². The van der Waals surface area contributed by atoms with Gasteiger partial charge in [-0.2, -0.15) is 0 Å². The molecule has 1 unspecified atom stereocenters. The van der Waals surface area contributed by atoms with Crippen molar-refractivity contribution in [2.24, 2.45) is 11.8 Å². The predicted molar refractivity (Wildman–Crippen MR) is 89.9 cm³/mol. The summed E-state index contributed by atoms with van der Waals surface area (Å²) in [5.74, 6) is 2.88. The molecule has 1 aromatic rings. The summed E-state index contributed by atoms with van der Waals surface area (Å²) >= 11 is 0. The fraction of sp³-hybridized carbons (Fsp3) is 0.684. The van der Waals surface area contributed by atoms with Crippen LogP contribution in [0.15, 0.2) is 24.3 Å². The van der Waals surface area contributed by atoms with E-state index < -0.39 is 0 Å². The summed E-state index contributed by atoms with van der Waals surface area (Å²) in [6.45, 7) is 5.79. The van der Waals surface area contributed by atoms with Gasteiger partial charge in [-0.15, -0.1) is 0 Å². The van der Waals surface area contributed by atoms with E-state index in [1.165, 1.54) is 44.2 Å². The number of benzene rings is 1. The number of hydrogen-bond donors (Lipinski definition) is 1. The molecule has 1 aromatic carbocycles. The third-order valence-electron chi connectivity index (χ3n) is 5.02. The van der Waals surface area contributed by atoms with E-state index in [9.17, 15) is 0 Å². The Morgan fingerprint density at radius 2 is 1.81 bits per heavy atom. The highest BCUT2D eigenvalue weighted by molar-refractivity contribution is 5.33. The zero-order valence-corrected chi connectivity index (χ0v) is 13.9. The van der Waals surface area contributed by atoms with Gasteiger partial charge < -0.3 is 10.1 Å². The summed E-state index contributed by atoms with van der Waals surface area (Å²) in [4.78, 5) is 0. The number of rotatable bonds is 7. The van der Waals surface area contributed by atoms with Crippen molar-refractivity contribution >= 4 is 0 Å². The van der Waals surface area contributed by atoms with Crippen LogP contribution in [0.3, 0.4) is 0 Å². The summed E-state index contributed by atoms with van der Waals surface area (Å²) in [6, 6.07) is 8.85. The molecule has 0 saturated heterocycles. The van der Waals surface area contributed by atoms with Crippen molar-refractivity contribution in [3.8, 4) is 5.75 Å². The minimum atomic E-state index is 0.505. The minimum Gasteiger partial charge on any atom is -0.496 e. The maximum atomic E-state index is 5.44. The molecule has 1 atom stereocenters. The van der Waals surface area contributed by atoms with E-state index in [2.05, 4.69) is 31.3 Å². The average Bonchev–Trinajstić information content (AvgIpc) is 2.54. The smallest absolute Gasteiger partial charge is 0.122 e. The van der Waals surface area contributed by atoms with Crippen LogP contribution in [0.1, 0.15) is 51.5 Å². The second kappa shape index (κ2) is 8.43. The van der Waals surface area contributed by atoms with E-state index >= 15 is 0 Å². The molecule has 0 aromatic heterocycles. The van der Waals surface area contributed by atoms with Gasteiger partial charge in [-0.05, 0) is 56.2 Å². The second-order valence-electron chi connectivity index (χ2n) is 6.62. The molecule has 1 N–H and O–H groups in total. The molecule has 21 heavy (non-hydrogen) atoms. The van der Waals surface area contributed by atoms with Gasteiger partial charge in [-0.25, -0.2) is 0 Å². The number of para-hydroxylation sites is 1. The van der Waals surface area contributed by atoms with Crippen LogP contribution in [0.25, 0.3) is 0 Å². The van der Waals surface area contributed by atoms with Gasteiger partial charge in [0.05, 0.1) is 7.11 Å². The molecule has 2 heteroatoms. The van der Waals surface area contributed by atoms with Crippen LogP contribution in [0.4, 0.5) is 0 Å². The van der Waals surface area contributed by atoms with Gasteiger partial charge in [0, 0.05) is 6.04 Å². The monoisotopic (exact) mass is 289 g/mol. The topological polar surface area (TPSA) is 21.3 Å². The first kappa shape index (κ1) is 16.4. The van der Waals surface area contributed by atoms with E-state index in [0.29, 0.717) is 6.04 Å². The average molecular weight is 289 g/mol. The van der Waals surface area contributed by atoms with Crippen LogP contribution in [0.2, 0.25) is 0 Å². The fourth-order valence-electron chi connectivity index (χ4n) is 3.49. The molecule has 0 heterocycles. The van der Waals surface area contributed by atoms with Gasteiger partial charge in [0.2, 0.25) is 0 Å². The predicted octanol–water partition coefficient (Wildman–Crippen LogP) is 4.43. The third kappa shape index (κ3) is 5.03. The molecule has 0 spiro atoms. The highest BCUT2D eigenvalue weighted by atomic mass is 16.5. The van der Waals surface area contributed by atoms with Crippen molar-refractivity contribution < 1.29 is 4.74 Å². The van der Waals surface area contributed by atoms with Crippen molar-refractivity contribution in [1.82, 2.24) is 5.32 Å². The van der Waals surface area contributed by atoms with Crippen LogP contribution in [0, 0.1) is 11.8 Å². The highest BCUT2D eigenvalue weighted by Crippen LogP contribution is 2.30. The molecule has 1 aliphatic rings. The van der Waals surface area contributed by atoms with Crippen LogP contribution in [-0.4, -0.2) is 19.7 Å². The minimum absolute atomic E-state index is 0.505. The van der Waals surface area contributed by atoms with E-state index in [0.717, 1.165) is 24.0 Å². The van der Waals surface area contributed by atoms with Gasteiger partial charge in [0.25, 0.3) is 0 Å². The second-order valence-corrected chi connectivity index (χ2v) is 6.62. The van der Waals surface area contributed by atoms with Gasteiger partial charge in [0.1, 0.15) is 5.75 Å². The first-order chi connectivity index (χ1) is 10.2. The lowest BCUT2D eigenvalue weighted by atomic mass is 9.81. The van der Waals surface area contributed by atoms with E-state index in [1.807, 2.05) is 12.1 Å². The molecule has 2 nitrogen and oxygen atoms in total. The Kier molecular flexibility index (Phi) is 6.56. The van der Waals surface area contributed by atoms with Crippen molar-refractivity contribution in [3.63, 3.8) is 0 Å². The van der Waals surface area contributed by atoms with Gasteiger partial charge in [-0.3, -0.25) is 0 Å². The standard InChI is InChI=1S/C19H31NO/c1-4-16-9-11-17(12-10-16)14-20-15(2)13-18-7-5-6-8-19(18)21-3/h5-8,15-17,20H,4,9-14H2,1-3H3. The summed E-state index contributed by atoms with van der Waals surface area (Å²) in [5, 5.41) is 3.73. The summed E-state index contributed by atoms with van der Waals surface area (Å²) in [6.07, 6.45) is 8.09. The number of nitrogens with one attached hydrogen (secondary N) is 1. The Morgan fingerprint density at radius 1 is 1.14 bits per heavy atom. The maximum absolute atomic E-state index is 5.44. The molecule has 1 saturated carbocycles.